The lowest BCUT2D eigenvalue weighted by Gasteiger charge is -1.83. The van der Waals surface area contributed by atoms with Crippen molar-refractivity contribution in [2.24, 2.45) is 4.99 Å². The highest BCUT2D eigenvalue weighted by Crippen LogP contribution is 1.83. The van der Waals surface area contributed by atoms with Gasteiger partial charge in [-0.15, -0.1) is 0 Å². The summed E-state index contributed by atoms with van der Waals surface area (Å²) in [7, 11) is 0. The molecule has 8 heavy (non-hydrogen) atoms. The molecule has 0 radical (unpaired) electrons. The molecule has 46 valence electrons. The van der Waals surface area contributed by atoms with Crippen LogP contribution in [-0.2, 0) is 0 Å². The molecule has 0 fully saturated rings. The molecule has 1 nitrogen and oxygen atoms in total. The predicted molar refractivity (Wildman–Crippen MR) is 33.9 cm³/mol. The molecule has 0 amide bonds. The maximum atomic E-state index is 12.0. The van der Waals surface area contributed by atoms with Gasteiger partial charge in [0.2, 0.25) is 5.97 Å². The SMILES string of the molecule is C=CC(F)=NCCC. The maximum Gasteiger partial charge on any atom is 0.207 e. The van der Waals surface area contributed by atoms with Gasteiger partial charge in [-0.25, -0.2) is 0 Å². The first-order valence-electron chi connectivity index (χ1n) is 2.63. The van der Waals surface area contributed by atoms with Crippen LogP contribution in [0.4, 0.5) is 4.39 Å². The van der Waals surface area contributed by atoms with Crippen LogP contribution in [0.5, 0.6) is 0 Å². The third kappa shape index (κ3) is 3.53. The topological polar surface area (TPSA) is 12.4 Å². The van der Waals surface area contributed by atoms with E-state index in [2.05, 4.69) is 11.6 Å². The second-order valence-corrected chi connectivity index (χ2v) is 1.41. The van der Waals surface area contributed by atoms with Crippen molar-refractivity contribution in [1.29, 1.82) is 0 Å². The predicted octanol–water partition coefficient (Wildman–Crippen LogP) is 1.95. The van der Waals surface area contributed by atoms with Gasteiger partial charge in [0.15, 0.2) is 0 Å². The van der Waals surface area contributed by atoms with E-state index < -0.39 is 5.97 Å². The Balaban J connectivity index is 3.40. The summed E-state index contributed by atoms with van der Waals surface area (Å²) in [6.07, 6.45) is 1.98. The monoisotopic (exact) mass is 115 g/mol. The van der Waals surface area contributed by atoms with E-state index in [4.69, 9.17) is 0 Å². The molecule has 0 N–H and O–H groups in total. The molecule has 0 aliphatic heterocycles. The molecule has 0 atom stereocenters. The van der Waals surface area contributed by atoms with Crippen LogP contribution >= 0.6 is 0 Å². The normalized spacial score (nSPS) is 11.5. The van der Waals surface area contributed by atoms with Gasteiger partial charge >= 0.3 is 0 Å². The second kappa shape index (κ2) is 4.50. The summed E-state index contributed by atoms with van der Waals surface area (Å²) in [5.74, 6) is -0.466. The largest absolute Gasteiger partial charge is 0.258 e. The number of aliphatic imine (C=N–C) groups is 1. The number of hydrogen-bond donors (Lipinski definition) is 0. The van der Waals surface area contributed by atoms with E-state index in [1.807, 2.05) is 6.92 Å². The van der Waals surface area contributed by atoms with Gasteiger partial charge in [0, 0.05) is 6.54 Å². The Labute approximate surface area is 48.9 Å². The lowest BCUT2D eigenvalue weighted by atomic mass is 10.5. The zero-order valence-corrected chi connectivity index (χ0v) is 5.02. The molecule has 0 aromatic heterocycles. The van der Waals surface area contributed by atoms with Crippen molar-refractivity contribution in [2.75, 3.05) is 6.54 Å². The fraction of sp³-hybridized carbons (Fsp3) is 0.500. The molecular weight excluding hydrogens is 105 g/mol. The first kappa shape index (κ1) is 7.34. The zero-order chi connectivity index (χ0) is 6.41. The van der Waals surface area contributed by atoms with Crippen molar-refractivity contribution in [2.45, 2.75) is 13.3 Å². The molecule has 0 heterocycles. The van der Waals surface area contributed by atoms with Gasteiger partial charge in [-0.05, 0) is 12.5 Å². The van der Waals surface area contributed by atoms with E-state index >= 15 is 0 Å². The maximum absolute atomic E-state index is 12.0. The summed E-state index contributed by atoms with van der Waals surface area (Å²) in [5, 5.41) is 0. The van der Waals surface area contributed by atoms with Crippen LogP contribution in [0.25, 0.3) is 0 Å². The van der Waals surface area contributed by atoms with E-state index in [0.717, 1.165) is 12.5 Å². The quantitative estimate of drug-likeness (QED) is 0.498. The van der Waals surface area contributed by atoms with E-state index in [1.54, 1.807) is 0 Å². The van der Waals surface area contributed by atoms with Crippen molar-refractivity contribution in [1.82, 2.24) is 0 Å². The molecule has 0 aliphatic rings. The molecule has 0 aliphatic carbocycles. The number of nitrogens with zero attached hydrogens (tertiary/aromatic N) is 1. The van der Waals surface area contributed by atoms with Crippen LogP contribution in [-0.4, -0.2) is 12.5 Å². The summed E-state index contributed by atoms with van der Waals surface area (Å²) in [6.45, 7) is 5.71. The van der Waals surface area contributed by atoms with E-state index in [1.165, 1.54) is 0 Å². The lowest BCUT2D eigenvalue weighted by molar-refractivity contribution is 0.789. The smallest absolute Gasteiger partial charge is 0.207 e. The minimum absolute atomic E-state index is 0.466. The summed E-state index contributed by atoms with van der Waals surface area (Å²) in [4.78, 5) is 3.49. The van der Waals surface area contributed by atoms with Crippen LogP contribution in [0, 0.1) is 0 Å². The van der Waals surface area contributed by atoms with Gasteiger partial charge in [0.25, 0.3) is 0 Å². The standard InChI is InChI=1S/C6H10FN/c1-3-5-8-6(7)4-2/h4H,2-3,5H2,1H3. The summed E-state index contributed by atoms with van der Waals surface area (Å²) in [5.41, 5.74) is 0. The molecule has 0 saturated heterocycles. The Morgan fingerprint density at radius 1 is 1.88 bits per heavy atom. The summed E-state index contributed by atoms with van der Waals surface area (Å²) < 4.78 is 12.0. The second-order valence-electron chi connectivity index (χ2n) is 1.41. The molecular formula is C6H10FN. The average molecular weight is 115 g/mol. The molecule has 0 unspecified atom stereocenters. The van der Waals surface area contributed by atoms with Gasteiger partial charge in [-0.2, -0.15) is 4.39 Å². The molecule has 0 spiro atoms. The first-order valence-corrected chi connectivity index (χ1v) is 2.63. The van der Waals surface area contributed by atoms with E-state index in [9.17, 15) is 4.39 Å². The van der Waals surface area contributed by atoms with Crippen LogP contribution in [0.15, 0.2) is 17.6 Å². The number of halogens is 1. The van der Waals surface area contributed by atoms with E-state index in [-0.39, 0.29) is 0 Å². The average Bonchev–Trinajstić information content (AvgIpc) is 1.83. The number of hydrogen-bond acceptors (Lipinski definition) is 1. The van der Waals surface area contributed by atoms with Crippen LogP contribution in [0.2, 0.25) is 0 Å². The van der Waals surface area contributed by atoms with Crippen molar-refractivity contribution >= 4 is 5.97 Å². The summed E-state index contributed by atoms with van der Waals surface area (Å²) >= 11 is 0. The Hall–Kier alpha value is -0.660. The van der Waals surface area contributed by atoms with Crippen LogP contribution < -0.4 is 0 Å². The molecule has 0 rings (SSSR count). The molecule has 0 bridgehead atoms. The molecule has 0 aromatic carbocycles. The van der Waals surface area contributed by atoms with Gasteiger partial charge in [0.1, 0.15) is 0 Å². The number of rotatable bonds is 3. The fourth-order valence-electron chi connectivity index (χ4n) is 0.283. The summed E-state index contributed by atoms with van der Waals surface area (Å²) in [6, 6.07) is 0. The Kier molecular flexibility index (Phi) is 4.13. The highest BCUT2D eigenvalue weighted by Gasteiger charge is 1.82. The van der Waals surface area contributed by atoms with Gasteiger partial charge in [-0.1, -0.05) is 13.5 Å². The fourth-order valence-corrected chi connectivity index (χ4v) is 0.283. The zero-order valence-electron chi connectivity index (χ0n) is 5.02. The van der Waals surface area contributed by atoms with Crippen LogP contribution in [0.3, 0.4) is 0 Å². The molecule has 0 saturated carbocycles. The van der Waals surface area contributed by atoms with Gasteiger partial charge in [0.05, 0.1) is 0 Å². The van der Waals surface area contributed by atoms with Crippen LogP contribution in [0.1, 0.15) is 13.3 Å². The third-order valence-corrected chi connectivity index (χ3v) is 0.655. The van der Waals surface area contributed by atoms with Crippen molar-refractivity contribution < 1.29 is 4.39 Å². The molecule has 0 aromatic rings. The van der Waals surface area contributed by atoms with Gasteiger partial charge < -0.3 is 0 Å². The van der Waals surface area contributed by atoms with Crippen molar-refractivity contribution in [3.63, 3.8) is 0 Å². The Bertz CT molecular complexity index is 96.7. The Morgan fingerprint density at radius 2 is 2.50 bits per heavy atom. The number of allylic oxidation sites excluding steroid dienone is 1. The van der Waals surface area contributed by atoms with E-state index in [0.29, 0.717) is 6.54 Å². The minimum Gasteiger partial charge on any atom is -0.258 e. The first-order chi connectivity index (χ1) is 3.81. The Morgan fingerprint density at radius 3 is 2.88 bits per heavy atom. The van der Waals surface area contributed by atoms with Gasteiger partial charge in [-0.3, -0.25) is 4.99 Å². The third-order valence-electron chi connectivity index (χ3n) is 0.655. The lowest BCUT2D eigenvalue weighted by Crippen LogP contribution is -1.83. The highest BCUT2D eigenvalue weighted by molar-refractivity contribution is 5.85. The highest BCUT2D eigenvalue weighted by atomic mass is 19.1. The van der Waals surface area contributed by atoms with Crippen molar-refractivity contribution in [3.05, 3.63) is 12.7 Å². The van der Waals surface area contributed by atoms with Crippen molar-refractivity contribution in [3.8, 4) is 0 Å². The minimum atomic E-state index is -0.466. The molecule has 2 heteroatoms.